The van der Waals surface area contributed by atoms with Crippen LogP contribution in [0.15, 0.2) is 71.1 Å². The van der Waals surface area contributed by atoms with Crippen LogP contribution in [0, 0.1) is 0 Å². The van der Waals surface area contributed by atoms with Crippen LogP contribution >= 0.6 is 11.3 Å². The van der Waals surface area contributed by atoms with E-state index < -0.39 is 0 Å². The predicted octanol–water partition coefficient (Wildman–Crippen LogP) is 4.77. The second-order valence-corrected chi connectivity index (χ2v) is 7.44. The maximum absolute atomic E-state index is 12.4. The number of ether oxygens (including phenoxy) is 2. The van der Waals surface area contributed by atoms with Crippen LogP contribution < -0.4 is 15.0 Å². The van der Waals surface area contributed by atoms with Crippen LogP contribution in [-0.2, 0) is 0 Å². The van der Waals surface area contributed by atoms with Crippen LogP contribution in [-0.4, -0.2) is 23.3 Å². The number of pyridine rings is 2. The number of fused-ring (bicyclic) bond motifs is 1. The van der Waals surface area contributed by atoms with Crippen LogP contribution in [0.4, 0.5) is 0 Å². The maximum atomic E-state index is 12.4. The van der Waals surface area contributed by atoms with Gasteiger partial charge in [0.25, 0.3) is 5.56 Å². The van der Waals surface area contributed by atoms with Gasteiger partial charge in [-0.1, -0.05) is 6.07 Å². The first-order valence-corrected chi connectivity index (χ1v) is 9.85. The number of hydrogen-bond acceptors (Lipinski definition) is 5. The van der Waals surface area contributed by atoms with Crippen molar-refractivity contribution in [3.63, 3.8) is 0 Å². The summed E-state index contributed by atoms with van der Waals surface area (Å²) in [7, 11) is 1.63. The molecule has 0 amide bonds. The number of hydrogen-bond donors (Lipinski definition) is 0. The summed E-state index contributed by atoms with van der Waals surface area (Å²) in [6.07, 6.45) is 3.61. The minimum Gasteiger partial charge on any atom is -0.497 e. The molecule has 142 valence electrons. The van der Waals surface area contributed by atoms with Gasteiger partial charge in [0, 0.05) is 40.4 Å². The van der Waals surface area contributed by atoms with Crippen molar-refractivity contribution in [2.75, 3.05) is 13.7 Å². The van der Waals surface area contributed by atoms with Crippen molar-refractivity contribution in [1.29, 1.82) is 0 Å². The molecule has 0 N–H and O–H groups in total. The molecule has 0 radical (unpaired) electrons. The van der Waals surface area contributed by atoms with E-state index in [0.717, 1.165) is 32.8 Å². The highest BCUT2D eigenvalue weighted by Gasteiger charge is 2.11. The molecule has 6 heteroatoms. The molecule has 0 saturated carbocycles. The highest BCUT2D eigenvalue weighted by Crippen LogP contribution is 2.28. The Kier molecular flexibility index (Phi) is 5.12. The van der Waals surface area contributed by atoms with Gasteiger partial charge in [-0.05, 0) is 42.6 Å². The Bertz CT molecular complexity index is 1150. The molecule has 28 heavy (non-hydrogen) atoms. The van der Waals surface area contributed by atoms with Crippen molar-refractivity contribution in [3.8, 4) is 21.9 Å². The van der Waals surface area contributed by atoms with Gasteiger partial charge >= 0.3 is 0 Å². The SMILES string of the molecule is COc1ccc2c(OCC(C)n3cc(-c4cccs4)ccc3=O)ccnc2c1. The van der Waals surface area contributed by atoms with E-state index >= 15 is 0 Å². The highest BCUT2D eigenvalue weighted by molar-refractivity contribution is 7.13. The van der Waals surface area contributed by atoms with Gasteiger partial charge < -0.3 is 14.0 Å². The Balaban J connectivity index is 1.57. The van der Waals surface area contributed by atoms with Crippen LogP contribution in [0.25, 0.3) is 21.3 Å². The molecular weight excluding hydrogens is 372 g/mol. The lowest BCUT2D eigenvalue weighted by Crippen LogP contribution is -2.25. The molecule has 0 fully saturated rings. The zero-order chi connectivity index (χ0) is 19.5. The molecule has 3 heterocycles. The molecule has 1 atom stereocenters. The second-order valence-electron chi connectivity index (χ2n) is 6.49. The first kappa shape index (κ1) is 18.3. The van der Waals surface area contributed by atoms with Crippen molar-refractivity contribution >= 4 is 22.2 Å². The smallest absolute Gasteiger partial charge is 0.250 e. The summed E-state index contributed by atoms with van der Waals surface area (Å²) in [5, 5.41) is 2.94. The zero-order valence-corrected chi connectivity index (χ0v) is 16.5. The molecule has 0 spiro atoms. The van der Waals surface area contributed by atoms with Crippen molar-refractivity contribution in [2.45, 2.75) is 13.0 Å². The Morgan fingerprint density at radius 3 is 2.86 bits per heavy atom. The Hall–Kier alpha value is -3.12. The third-order valence-electron chi connectivity index (χ3n) is 4.61. The van der Waals surface area contributed by atoms with Gasteiger partial charge in [0.2, 0.25) is 0 Å². The van der Waals surface area contributed by atoms with Crippen molar-refractivity contribution in [2.24, 2.45) is 0 Å². The van der Waals surface area contributed by atoms with Crippen LogP contribution in [0.2, 0.25) is 0 Å². The molecule has 0 saturated heterocycles. The van der Waals surface area contributed by atoms with E-state index in [2.05, 4.69) is 4.98 Å². The van der Waals surface area contributed by atoms with Gasteiger partial charge in [-0.2, -0.15) is 0 Å². The van der Waals surface area contributed by atoms with E-state index in [4.69, 9.17) is 9.47 Å². The lowest BCUT2D eigenvalue weighted by Gasteiger charge is -2.17. The van der Waals surface area contributed by atoms with E-state index in [1.807, 2.05) is 61.0 Å². The number of nitrogens with zero attached hydrogens (tertiary/aromatic N) is 2. The Labute approximate surface area is 166 Å². The lowest BCUT2D eigenvalue weighted by molar-refractivity contribution is 0.260. The fraction of sp³-hybridized carbons (Fsp3) is 0.182. The van der Waals surface area contributed by atoms with E-state index in [1.165, 1.54) is 0 Å². The van der Waals surface area contributed by atoms with Gasteiger partial charge in [-0.15, -0.1) is 11.3 Å². The van der Waals surface area contributed by atoms with Crippen molar-refractivity contribution in [1.82, 2.24) is 9.55 Å². The van der Waals surface area contributed by atoms with E-state index in [0.29, 0.717) is 6.61 Å². The van der Waals surface area contributed by atoms with Crippen LogP contribution in [0.5, 0.6) is 11.5 Å². The average Bonchev–Trinajstić information content (AvgIpc) is 3.26. The summed E-state index contributed by atoms with van der Waals surface area (Å²) in [6.45, 7) is 2.35. The molecule has 1 aromatic carbocycles. The van der Waals surface area contributed by atoms with Crippen molar-refractivity contribution in [3.05, 3.63) is 76.7 Å². The first-order chi connectivity index (χ1) is 13.7. The predicted molar refractivity (Wildman–Crippen MR) is 113 cm³/mol. The summed E-state index contributed by atoms with van der Waals surface area (Å²) in [6, 6.07) is 14.9. The Morgan fingerprint density at radius 2 is 2.07 bits per heavy atom. The third-order valence-corrected chi connectivity index (χ3v) is 5.53. The number of thiophene rings is 1. The summed E-state index contributed by atoms with van der Waals surface area (Å²) >= 11 is 1.65. The minimum atomic E-state index is -0.117. The maximum Gasteiger partial charge on any atom is 0.250 e. The largest absolute Gasteiger partial charge is 0.497 e. The van der Waals surface area contributed by atoms with Gasteiger partial charge in [0.1, 0.15) is 18.1 Å². The summed E-state index contributed by atoms with van der Waals surface area (Å²) in [5.41, 5.74) is 1.80. The summed E-state index contributed by atoms with van der Waals surface area (Å²) < 4.78 is 13.0. The topological polar surface area (TPSA) is 53.4 Å². The monoisotopic (exact) mass is 392 g/mol. The molecule has 1 unspecified atom stereocenters. The van der Waals surface area contributed by atoms with E-state index in [1.54, 1.807) is 35.3 Å². The number of benzene rings is 1. The molecular formula is C22H20N2O3S. The van der Waals surface area contributed by atoms with Crippen LogP contribution in [0.1, 0.15) is 13.0 Å². The first-order valence-electron chi connectivity index (χ1n) is 8.97. The van der Waals surface area contributed by atoms with Gasteiger partial charge in [0.05, 0.1) is 18.7 Å². The molecule has 3 aromatic heterocycles. The zero-order valence-electron chi connectivity index (χ0n) is 15.7. The second kappa shape index (κ2) is 7.86. The Morgan fingerprint density at radius 1 is 1.18 bits per heavy atom. The number of aromatic nitrogens is 2. The molecule has 4 aromatic rings. The normalized spacial score (nSPS) is 12.1. The summed E-state index contributed by atoms with van der Waals surface area (Å²) in [4.78, 5) is 17.9. The van der Waals surface area contributed by atoms with Crippen LogP contribution in [0.3, 0.4) is 0 Å². The molecule has 0 aliphatic carbocycles. The molecule has 0 aliphatic heterocycles. The fourth-order valence-electron chi connectivity index (χ4n) is 3.08. The number of methoxy groups -OCH3 is 1. The number of rotatable bonds is 6. The molecule has 5 nitrogen and oxygen atoms in total. The fourth-order valence-corrected chi connectivity index (χ4v) is 3.80. The van der Waals surface area contributed by atoms with Gasteiger partial charge in [-0.3, -0.25) is 9.78 Å². The minimum absolute atomic E-state index is 0.0410. The quantitative estimate of drug-likeness (QED) is 0.474. The standard InChI is InChI=1S/C22H20N2O3S/c1-15(24-13-16(5-8-22(24)25)21-4-3-11-28-21)14-27-20-9-10-23-19-12-17(26-2)6-7-18(19)20/h3-13,15H,14H2,1-2H3. The highest BCUT2D eigenvalue weighted by atomic mass is 32.1. The average molecular weight is 392 g/mol. The van der Waals surface area contributed by atoms with E-state index in [-0.39, 0.29) is 11.6 Å². The molecule has 0 bridgehead atoms. The van der Waals surface area contributed by atoms with Gasteiger partial charge in [-0.25, -0.2) is 0 Å². The van der Waals surface area contributed by atoms with E-state index in [9.17, 15) is 4.79 Å². The molecule has 4 rings (SSSR count). The lowest BCUT2D eigenvalue weighted by atomic mass is 10.2. The van der Waals surface area contributed by atoms with Crippen molar-refractivity contribution < 1.29 is 9.47 Å². The molecule has 0 aliphatic rings. The third kappa shape index (κ3) is 3.64. The van der Waals surface area contributed by atoms with Gasteiger partial charge in [0.15, 0.2) is 0 Å². The summed E-state index contributed by atoms with van der Waals surface area (Å²) in [5.74, 6) is 1.49.